The van der Waals surface area contributed by atoms with Gasteiger partial charge in [-0.2, -0.15) is 0 Å². The summed E-state index contributed by atoms with van der Waals surface area (Å²) < 4.78 is 5.23. The third-order valence-electron chi connectivity index (χ3n) is 5.19. The zero-order valence-electron chi connectivity index (χ0n) is 16.1. The molecule has 2 aromatic rings. The number of benzene rings is 2. The average Bonchev–Trinajstić information content (AvgIpc) is 2.71. The third-order valence-corrected chi connectivity index (χ3v) is 5.19. The molecule has 0 saturated carbocycles. The highest BCUT2D eigenvalue weighted by Gasteiger charge is 2.28. The Kier molecular flexibility index (Phi) is 6.35. The number of likely N-dealkylation sites (tertiary alicyclic amines) is 1. The zero-order chi connectivity index (χ0) is 19.2. The van der Waals surface area contributed by atoms with Crippen molar-refractivity contribution in [3.8, 4) is 11.5 Å². The molecule has 0 unspecified atom stereocenters. The van der Waals surface area contributed by atoms with Crippen LogP contribution in [0.1, 0.15) is 31.7 Å². The number of hydrogen-bond acceptors (Lipinski definition) is 4. The predicted octanol–water partition coefficient (Wildman–Crippen LogP) is 3.81. The largest absolute Gasteiger partial charge is 0.508 e. The molecule has 0 aliphatic carbocycles. The number of methoxy groups -OCH3 is 1. The van der Waals surface area contributed by atoms with Gasteiger partial charge in [-0.1, -0.05) is 19.1 Å². The van der Waals surface area contributed by atoms with Crippen molar-refractivity contribution in [3.63, 3.8) is 0 Å². The lowest BCUT2D eigenvalue weighted by Gasteiger charge is -2.38. The molecule has 144 valence electrons. The number of carbonyl (C=O) groups excluding carboxylic acids is 1. The van der Waals surface area contributed by atoms with E-state index in [2.05, 4.69) is 4.90 Å². The van der Waals surface area contributed by atoms with E-state index in [1.165, 1.54) is 5.56 Å². The van der Waals surface area contributed by atoms with E-state index in [0.717, 1.165) is 43.9 Å². The Bertz CT molecular complexity index is 735. The summed E-state index contributed by atoms with van der Waals surface area (Å²) in [6, 6.07) is 15.4. The van der Waals surface area contributed by atoms with Crippen molar-refractivity contribution in [1.82, 2.24) is 4.90 Å². The Morgan fingerprint density at radius 2 is 1.74 bits per heavy atom. The SMILES string of the molecule is CCC(=O)N(c1ccc(OC)cc1)C1CCN(Cc2ccc(O)cc2)CC1. The van der Waals surface area contributed by atoms with Gasteiger partial charge in [0.2, 0.25) is 5.91 Å². The molecule has 1 aliphatic rings. The van der Waals surface area contributed by atoms with Gasteiger partial charge >= 0.3 is 0 Å². The molecule has 1 heterocycles. The van der Waals surface area contributed by atoms with E-state index in [4.69, 9.17) is 4.74 Å². The predicted molar refractivity (Wildman–Crippen MR) is 107 cm³/mol. The normalized spacial score (nSPS) is 15.5. The van der Waals surface area contributed by atoms with Gasteiger partial charge in [0.1, 0.15) is 11.5 Å². The summed E-state index contributed by atoms with van der Waals surface area (Å²) in [7, 11) is 1.65. The second-order valence-electron chi connectivity index (χ2n) is 6.99. The second-order valence-corrected chi connectivity index (χ2v) is 6.99. The number of hydrogen-bond donors (Lipinski definition) is 1. The number of nitrogens with zero attached hydrogens (tertiary/aromatic N) is 2. The van der Waals surface area contributed by atoms with Gasteiger partial charge in [-0.25, -0.2) is 0 Å². The number of anilines is 1. The van der Waals surface area contributed by atoms with Crippen molar-refractivity contribution in [2.75, 3.05) is 25.1 Å². The van der Waals surface area contributed by atoms with Crippen molar-refractivity contribution in [1.29, 1.82) is 0 Å². The number of phenolic OH excluding ortho intramolecular Hbond substituents is 1. The summed E-state index contributed by atoms with van der Waals surface area (Å²) in [5.41, 5.74) is 2.14. The van der Waals surface area contributed by atoms with Gasteiger partial charge in [0, 0.05) is 37.8 Å². The van der Waals surface area contributed by atoms with Crippen LogP contribution in [0.5, 0.6) is 11.5 Å². The smallest absolute Gasteiger partial charge is 0.226 e. The molecular formula is C22H28N2O3. The summed E-state index contributed by atoms with van der Waals surface area (Å²) in [5.74, 6) is 1.26. The van der Waals surface area contributed by atoms with Crippen LogP contribution < -0.4 is 9.64 Å². The standard InChI is InChI=1S/C22H28N2O3/c1-3-22(26)24(18-6-10-21(27-2)11-7-18)19-12-14-23(15-13-19)16-17-4-8-20(25)9-5-17/h4-11,19,25H,3,12-16H2,1-2H3. The van der Waals surface area contributed by atoms with Crippen LogP contribution in [0.15, 0.2) is 48.5 Å². The van der Waals surface area contributed by atoms with Crippen LogP contribution in [0, 0.1) is 0 Å². The molecule has 0 spiro atoms. The first-order chi connectivity index (χ1) is 13.1. The van der Waals surface area contributed by atoms with Crippen molar-refractivity contribution in [2.24, 2.45) is 0 Å². The Morgan fingerprint density at radius 1 is 1.11 bits per heavy atom. The average molecular weight is 368 g/mol. The van der Waals surface area contributed by atoms with E-state index in [1.807, 2.05) is 48.2 Å². The number of aromatic hydroxyl groups is 1. The summed E-state index contributed by atoms with van der Waals surface area (Å²) in [4.78, 5) is 17.0. The lowest BCUT2D eigenvalue weighted by molar-refractivity contribution is -0.119. The van der Waals surface area contributed by atoms with Gasteiger partial charge in [-0.15, -0.1) is 0 Å². The summed E-state index contributed by atoms with van der Waals surface area (Å²) in [6.45, 7) is 4.69. The number of ether oxygens (including phenoxy) is 1. The molecule has 1 aliphatic heterocycles. The number of amides is 1. The van der Waals surface area contributed by atoms with Crippen LogP contribution in [0.2, 0.25) is 0 Å². The maximum Gasteiger partial charge on any atom is 0.226 e. The van der Waals surface area contributed by atoms with Gasteiger partial charge in [-0.3, -0.25) is 9.69 Å². The zero-order valence-corrected chi connectivity index (χ0v) is 16.1. The fourth-order valence-corrected chi connectivity index (χ4v) is 3.67. The monoisotopic (exact) mass is 368 g/mol. The van der Waals surface area contributed by atoms with E-state index in [1.54, 1.807) is 19.2 Å². The number of phenols is 1. The summed E-state index contributed by atoms with van der Waals surface area (Å²) in [6.07, 6.45) is 2.41. The van der Waals surface area contributed by atoms with E-state index in [0.29, 0.717) is 12.2 Å². The molecule has 1 amide bonds. The fraction of sp³-hybridized carbons (Fsp3) is 0.409. The number of carbonyl (C=O) groups is 1. The van der Waals surface area contributed by atoms with Crippen LogP contribution in [-0.4, -0.2) is 42.2 Å². The second kappa shape index (κ2) is 8.91. The van der Waals surface area contributed by atoms with Gasteiger partial charge in [0.05, 0.1) is 7.11 Å². The van der Waals surface area contributed by atoms with Gasteiger partial charge in [0.25, 0.3) is 0 Å². The van der Waals surface area contributed by atoms with E-state index < -0.39 is 0 Å². The fourth-order valence-electron chi connectivity index (χ4n) is 3.67. The molecule has 0 atom stereocenters. The highest BCUT2D eigenvalue weighted by atomic mass is 16.5. The highest BCUT2D eigenvalue weighted by Crippen LogP contribution is 2.27. The Labute approximate surface area is 161 Å². The van der Waals surface area contributed by atoms with Gasteiger partial charge in [0.15, 0.2) is 0 Å². The topological polar surface area (TPSA) is 53.0 Å². The van der Waals surface area contributed by atoms with Crippen LogP contribution in [0.3, 0.4) is 0 Å². The first-order valence-electron chi connectivity index (χ1n) is 9.57. The molecule has 1 N–H and O–H groups in total. The van der Waals surface area contributed by atoms with Crippen LogP contribution >= 0.6 is 0 Å². The molecule has 1 saturated heterocycles. The number of rotatable bonds is 6. The minimum Gasteiger partial charge on any atom is -0.508 e. The van der Waals surface area contributed by atoms with Crippen molar-refractivity contribution in [2.45, 2.75) is 38.8 Å². The van der Waals surface area contributed by atoms with Crippen molar-refractivity contribution >= 4 is 11.6 Å². The molecule has 1 fully saturated rings. The molecule has 2 aromatic carbocycles. The Morgan fingerprint density at radius 3 is 2.30 bits per heavy atom. The first kappa shape index (κ1) is 19.2. The molecule has 0 radical (unpaired) electrons. The van der Waals surface area contributed by atoms with Crippen LogP contribution in [-0.2, 0) is 11.3 Å². The van der Waals surface area contributed by atoms with Crippen LogP contribution in [0.25, 0.3) is 0 Å². The lowest BCUT2D eigenvalue weighted by Crippen LogP contribution is -2.47. The van der Waals surface area contributed by atoms with Gasteiger partial charge < -0.3 is 14.7 Å². The summed E-state index contributed by atoms with van der Waals surface area (Å²) >= 11 is 0. The molecule has 5 heteroatoms. The molecular weight excluding hydrogens is 340 g/mol. The van der Waals surface area contributed by atoms with Crippen molar-refractivity contribution < 1.29 is 14.6 Å². The number of piperidine rings is 1. The first-order valence-corrected chi connectivity index (χ1v) is 9.57. The maximum atomic E-state index is 12.6. The molecule has 3 rings (SSSR count). The molecule has 27 heavy (non-hydrogen) atoms. The van der Waals surface area contributed by atoms with Gasteiger partial charge in [-0.05, 0) is 54.8 Å². The lowest BCUT2D eigenvalue weighted by atomic mass is 10.0. The highest BCUT2D eigenvalue weighted by molar-refractivity contribution is 5.93. The van der Waals surface area contributed by atoms with E-state index >= 15 is 0 Å². The van der Waals surface area contributed by atoms with Crippen LogP contribution in [0.4, 0.5) is 5.69 Å². The Hall–Kier alpha value is -2.53. The summed E-state index contributed by atoms with van der Waals surface area (Å²) in [5, 5.41) is 9.42. The van der Waals surface area contributed by atoms with Crippen molar-refractivity contribution in [3.05, 3.63) is 54.1 Å². The third kappa shape index (κ3) is 4.80. The quantitative estimate of drug-likeness (QED) is 0.842. The van der Waals surface area contributed by atoms with E-state index in [-0.39, 0.29) is 11.9 Å². The minimum atomic E-state index is 0.164. The van der Waals surface area contributed by atoms with E-state index in [9.17, 15) is 9.90 Å². The molecule has 0 bridgehead atoms. The molecule has 0 aromatic heterocycles. The maximum absolute atomic E-state index is 12.6. The molecule has 5 nitrogen and oxygen atoms in total. The minimum absolute atomic E-state index is 0.164. The Balaban J connectivity index is 1.65.